The molecule has 0 aromatic carbocycles. The Labute approximate surface area is 88.5 Å². The topological polar surface area (TPSA) is 34.1 Å². The summed E-state index contributed by atoms with van der Waals surface area (Å²) >= 11 is 1.75. The SMILES string of the molecule is CCc1nc(C2CC(OC)CN2)cs1. The van der Waals surface area contributed by atoms with Gasteiger partial charge in [-0.3, -0.25) is 0 Å². The third-order valence-corrected chi connectivity index (χ3v) is 3.66. The second-order valence-corrected chi connectivity index (χ2v) is 4.52. The highest BCUT2D eigenvalue weighted by molar-refractivity contribution is 7.09. The van der Waals surface area contributed by atoms with E-state index in [0.29, 0.717) is 12.1 Å². The van der Waals surface area contributed by atoms with Gasteiger partial charge in [0.05, 0.1) is 22.8 Å². The number of nitrogens with zero attached hydrogens (tertiary/aromatic N) is 1. The average Bonchev–Trinajstić information content (AvgIpc) is 2.86. The quantitative estimate of drug-likeness (QED) is 0.829. The van der Waals surface area contributed by atoms with E-state index < -0.39 is 0 Å². The number of hydrogen-bond acceptors (Lipinski definition) is 4. The van der Waals surface area contributed by atoms with E-state index in [1.807, 2.05) is 0 Å². The molecule has 1 aromatic heterocycles. The molecule has 14 heavy (non-hydrogen) atoms. The van der Waals surface area contributed by atoms with Crippen LogP contribution in [0.25, 0.3) is 0 Å². The molecule has 3 nitrogen and oxygen atoms in total. The summed E-state index contributed by atoms with van der Waals surface area (Å²) in [6, 6.07) is 0.400. The summed E-state index contributed by atoms with van der Waals surface area (Å²) in [6.45, 7) is 3.09. The van der Waals surface area contributed by atoms with Crippen molar-refractivity contribution in [3.63, 3.8) is 0 Å². The first-order valence-corrected chi connectivity index (χ1v) is 5.92. The smallest absolute Gasteiger partial charge is 0.0926 e. The lowest BCUT2D eigenvalue weighted by Gasteiger charge is -2.06. The van der Waals surface area contributed by atoms with Crippen molar-refractivity contribution in [3.05, 3.63) is 16.1 Å². The van der Waals surface area contributed by atoms with Crippen molar-refractivity contribution in [2.24, 2.45) is 0 Å². The minimum Gasteiger partial charge on any atom is -0.380 e. The Bertz CT molecular complexity index is 300. The maximum Gasteiger partial charge on any atom is 0.0926 e. The zero-order chi connectivity index (χ0) is 9.97. The van der Waals surface area contributed by atoms with E-state index in [1.165, 1.54) is 10.7 Å². The fraction of sp³-hybridized carbons (Fsp3) is 0.700. The molecule has 2 atom stereocenters. The number of thiazole rings is 1. The van der Waals surface area contributed by atoms with Crippen LogP contribution >= 0.6 is 11.3 Å². The molecule has 2 heterocycles. The third kappa shape index (κ3) is 1.97. The minimum atomic E-state index is 0.353. The predicted octanol–water partition coefficient (Wildman–Crippen LogP) is 1.75. The number of aryl methyl sites for hydroxylation is 1. The fourth-order valence-corrected chi connectivity index (χ4v) is 2.55. The lowest BCUT2D eigenvalue weighted by atomic mass is 10.1. The molecule has 1 saturated heterocycles. The van der Waals surface area contributed by atoms with Crippen LogP contribution in [-0.4, -0.2) is 24.7 Å². The summed E-state index contributed by atoms with van der Waals surface area (Å²) < 4.78 is 5.31. The molecule has 1 aromatic rings. The van der Waals surface area contributed by atoms with Gasteiger partial charge >= 0.3 is 0 Å². The standard InChI is InChI=1S/C10H16N2OS/c1-3-10-12-9(6-14-10)8-4-7(13-2)5-11-8/h6-8,11H,3-5H2,1-2H3. The van der Waals surface area contributed by atoms with Crippen molar-refractivity contribution in [2.75, 3.05) is 13.7 Å². The molecule has 78 valence electrons. The molecule has 0 bridgehead atoms. The van der Waals surface area contributed by atoms with Crippen LogP contribution in [0.2, 0.25) is 0 Å². The fourth-order valence-electron chi connectivity index (χ4n) is 1.76. The molecule has 0 spiro atoms. The van der Waals surface area contributed by atoms with Gasteiger partial charge in [-0.2, -0.15) is 0 Å². The molecule has 1 fully saturated rings. The highest BCUT2D eigenvalue weighted by atomic mass is 32.1. The summed E-state index contributed by atoms with van der Waals surface area (Å²) in [5, 5.41) is 6.82. The molecular weight excluding hydrogens is 196 g/mol. The maximum absolute atomic E-state index is 5.31. The Morgan fingerprint density at radius 3 is 3.14 bits per heavy atom. The highest BCUT2D eigenvalue weighted by Crippen LogP contribution is 2.25. The van der Waals surface area contributed by atoms with Crippen LogP contribution in [0.4, 0.5) is 0 Å². The molecule has 1 aliphatic rings. The van der Waals surface area contributed by atoms with Crippen LogP contribution in [0.15, 0.2) is 5.38 Å². The van der Waals surface area contributed by atoms with Crippen LogP contribution in [0.1, 0.15) is 30.1 Å². The number of hydrogen-bond donors (Lipinski definition) is 1. The van der Waals surface area contributed by atoms with Crippen LogP contribution < -0.4 is 5.32 Å². The van der Waals surface area contributed by atoms with Crippen LogP contribution in [0.3, 0.4) is 0 Å². The summed E-state index contributed by atoms with van der Waals surface area (Å²) in [4.78, 5) is 4.58. The highest BCUT2D eigenvalue weighted by Gasteiger charge is 2.26. The molecule has 0 saturated carbocycles. The van der Waals surface area contributed by atoms with E-state index in [4.69, 9.17) is 4.74 Å². The van der Waals surface area contributed by atoms with E-state index in [0.717, 1.165) is 19.4 Å². The molecule has 0 amide bonds. The first-order chi connectivity index (χ1) is 6.83. The summed E-state index contributed by atoms with van der Waals surface area (Å²) in [5.41, 5.74) is 1.19. The van der Waals surface area contributed by atoms with E-state index in [2.05, 4.69) is 22.6 Å². The Morgan fingerprint density at radius 2 is 2.57 bits per heavy atom. The minimum absolute atomic E-state index is 0.353. The van der Waals surface area contributed by atoms with Gasteiger partial charge < -0.3 is 10.1 Å². The molecule has 1 aliphatic heterocycles. The third-order valence-electron chi connectivity index (χ3n) is 2.65. The summed E-state index contributed by atoms with van der Waals surface area (Å²) in [6.07, 6.45) is 2.43. The number of ether oxygens (including phenoxy) is 1. The largest absolute Gasteiger partial charge is 0.380 e. The van der Waals surface area contributed by atoms with E-state index >= 15 is 0 Å². The lowest BCUT2D eigenvalue weighted by Crippen LogP contribution is -2.16. The lowest BCUT2D eigenvalue weighted by molar-refractivity contribution is 0.117. The van der Waals surface area contributed by atoms with Gasteiger partial charge in [-0.25, -0.2) is 4.98 Å². The molecular formula is C10H16N2OS. The summed E-state index contributed by atoms with van der Waals surface area (Å²) in [7, 11) is 1.77. The monoisotopic (exact) mass is 212 g/mol. The first-order valence-electron chi connectivity index (χ1n) is 5.04. The number of aromatic nitrogens is 1. The first kappa shape index (κ1) is 10.1. The van der Waals surface area contributed by atoms with Gasteiger partial charge in [0.15, 0.2) is 0 Å². The van der Waals surface area contributed by atoms with E-state index in [1.54, 1.807) is 18.4 Å². The van der Waals surface area contributed by atoms with Gasteiger partial charge in [-0.05, 0) is 12.8 Å². The second-order valence-electron chi connectivity index (χ2n) is 3.57. The average molecular weight is 212 g/mol. The van der Waals surface area contributed by atoms with Crippen LogP contribution in [0.5, 0.6) is 0 Å². The van der Waals surface area contributed by atoms with Crippen molar-refractivity contribution in [3.8, 4) is 0 Å². The molecule has 4 heteroatoms. The number of nitrogens with one attached hydrogen (secondary N) is 1. The van der Waals surface area contributed by atoms with Crippen molar-refractivity contribution in [1.29, 1.82) is 0 Å². The number of rotatable bonds is 3. The van der Waals surface area contributed by atoms with Crippen molar-refractivity contribution in [2.45, 2.75) is 31.9 Å². The van der Waals surface area contributed by atoms with Crippen molar-refractivity contribution in [1.82, 2.24) is 10.3 Å². The molecule has 2 rings (SSSR count). The molecule has 0 aliphatic carbocycles. The Balaban J connectivity index is 2.02. The van der Waals surface area contributed by atoms with Gasteiger partial charge in [0, 0.05) is 19.0 Å². The summed E-state index contributed by atoms with van der Waals surface area (Å²) in [5.74, 6) is 0. The molecule has 0 radical (unpaired) electrons. The van der Waals surface area contributed by atoms with Crippen LogP contribution in [0, 0.1) is 0 Å². The number of methoxy groups -OCH3 is 1. The van der Waals surface area contributed by atoms with Gasteiger partial charge in [0.25, 0.3) is 0 Å². The van der Waals surface area contributed by atoms with Gasteiger partial charge in [-0.15, -0.1) is 11.3 Å². The van der Waals surface area contributed by atoms with Crippen molar-refractivity contribution >= 4 is 11.3 Å². The van der Waals surface area contributed by atoms with Gasteiger partial charge in [0.2, 0.25) is 0 Å². The van der Waals surface area contributed by atoms with Gasteiger partial charge in [0.1, 0.15) is 0 Å². The Hall–Kier alpha value is -0.450. The maximum atomic E-state index is 5.31. The molecule has 1 N–H and O–H groups in total. The zero-order valence-electron chi connectivity index (χ0n) is 8.62. The normalized spacial score (nSPS) is 27.0. The van der Waals surface area contributed by atoms with Gasteiger partial charge in [-0.1, -0.05) is 6.92 Å². The predicted molar refractivity (Wildman–Crippen MR) is 57.6 cm³/mol. The van der Waals surface area contributed by atoms with E-state index in [9.17, 15) is 0 Å². The van der Waals surface area contributed by atoms with Crippen LogP contribution in [-0.2, 0) is 11.2 Å². The zero-order valence-corrected chi connectivity index (χ0v) is 9.43. The second kappa shape index (κ2) is 4.38. The van der Waals surface area contributed by atoms with Crippen molar-refractivity contribution < 1.29 is 4.74 Å². The van der Waals surface area contributed by atoms with E-state index in [-0.39, 0.29) is 0 Å². The Kier molecular flexibility index (Phi) is 3.15. The Morgan fingerprint density at radius 1 is 1.71 bits per heavy atom. The molecule has 2 unspecified atom stereocenters.